The highest BCUT2D eigenvalue weighted by molar-refractivity contribution is 5.95. The van der Waals surface area contributed by atoms with Crippen molar-refractivity contribution in [1.29, 1.82) is 0 Å². The smallest absolute Gasteiger partial charge is 0.411 e. The van der Waals surface area contributed by atoms with Gasteiger partial charge in [-0.1, -0.05) is 72.8 Å². The maximum atomic E-state index is 12.6. The normalized spacial score (nSPS) is 11.8. The van der Waals surface area contributed by atoms with Gasteiger partial charge in [0.1, 0.15) is 6.61 Å². The predicted octanol–water partition coefficient (Wildman–Crippen LogP) is 5.92. The summed E-state index contributed by atoms with van der Waals surface area (Å²) < 4.78 is 5.61. The van der Waals surface area contributed by atoms with Gasteiger partial charge in [0.05, 0.1) is 6.42 Å². The number of nitrogens with one attached hydrogen (secondary N) is 2. The van der Waals surface area contributed by atoms with Crippen molar-refractivity contribution in [2.24, 2.45) is 0 Å². The molecule has 4 aromatic carbocycles. The Morgan fingerprint density at radius 2 is 1.29 bits per heavy atom. The van der Waals surface area contributed by atoms with Crippen LogP contribution < -0.4 is 10.6 Å². The number of carbonyl (C=O) groups is 3. The average Bonchev–Trinajstić information content (AvgIpc) is 3.26. The van der Waals surface area contributed by atoms with Crippen LogP contribution in [0.15, 0.2) is 97.1 Å². The van der Waals surface area contributed by atoms with E-state index in [0.29, 0.717) is 11.3 Å². The molecule has 38 heavy (non-hydrogen) atoms. The summed E-state index contributed by atoms with van der Waals surface area (Å²) in [5, 5.41) is 14.1. The first-order chi connectivity index (χ1) is 18.5. The van der Waals surface area contributed by atoms with Crippen LogP contribution in [0.4, 0.5) is 10.5 Å². The van der Waals surface area contributed by atoms with Crippen LogP contribution in [0.3, 0.4) is 0 Å². The van der Waals surface area contributed by atoms with Crippen LogP contribution in [-0.2, 0) is 9.53 Å². The number of ether oxygens (including phenoxy) is 1. The Morgan fingerprint density at radius 3 is 1.87 bits per heavy atom. The SMILES string of the molecule is O=C(O)CCNC(=O)c1ccc(-c2ccc(NC(=O)OCC3c4ccccc4-c4ccccc43)cc2)cc1. The molecule has 0 bridgehead atoms. The number of anilines is 1. The van der Waals surface area contributed by atoms with Crippen molar-refractivity contribution < 1.29 is 24.2 Å². The number of aliphatic carboxylic acids is 1. The molecule has 0 saturated carbocycles. The summed E-state index contributed by atoms with van der Waals surface area (Å²) in [6.45, 7) is 0.322. The minimum Gasteiger partial charge on any atom is -0.481 e. The summed E-state index contributed by atoms with van der Waals surface area (Å²) in [7, 11) is 0. The van der Waals surface area contributed by atoms with Gasteiger partial charge in [-0.3, -0.25) is 14.9 Å². The molecular weight excluding hydrogens is 480 g/mol. The third-order valence-electron chi connectivity index (χ3n) is 6.58. The molecule has 7 nitrogen and oxygen atoms in total. The van der Waals surface area contributed by atoms with E-state index in [1.165, 1.54) is 11.1 Å². The zero-order valence-electron chi connectivity index (χ0n) is 20.5. The molecule has 0 spiro atoms. The van der Waals surface area contributed by atoms with Crippen LogP contribution >= 0.6 is 0 Å². The van der Waals surface area contributed by atoms with Gasteiger partial charge in [0.25, 0.3) is 5.91 Å². The predicted molar refractivity (Wildman–Crippen MR) is 145 cm³/mol. The lowest BCUT2D eigenvalue weighted by Gasteiger charge is -2.14. The maximum absolute atomic E-state index is 12.6. The van der Waals surface area contributed by atoms with E-state index in [4.69, 9.17) is 9.84 Å². The molecule has 0 heterocycles. The lowest BCUT2D eigenvalue weighted by Crippen LogP contribution is -2.25. The highest BCUT2D eigenvalue weighted by atomic mass is 16.5. The van der Waals surface area contributed by atoms with Crippen LogP contribution in [0, 0.1) is 0 Å². The highest BCUT2D eigenvalue weighted by Gasteiger charge is 2.29. The quantitative estimate of drug-likeness (QED) is 0.275. The fraction of sp³-hybridized carbons (Fsp3) is 0.129. The number of carboxylic acid groups (broad SMARTS) is 1. The van der Waals surface area contributed by atoms with Gasteiger partial charge in [-0.05, 0) is 57.6 Å². The number of carboxylic acids is 1. The second-order valence-corrected chi connectivity index (χ2v) is 9.00. The Labute approximate surface area is 220 Å². The molecule has 1 aliphatic rings. The van der Waals surface area contributed by atoms with Gasteiger partial charge in [-0.25, -0.2) is 4.79 Å². The van der Waals surface area contributed by atoms with Gasteiger partial charge in [0.15, 0.2) is 0 Å². The molecule has 0 fully saturated rings. The van der Waals surface area contributed by atoms with Crippen molar-refractivity contribution in [3.63, 3.8) is 0 Å². The number of carbonyl (C=O) groups excluding carboxylic acids is 2. The van der Waals surface area contributed by atoms with Gasteiger partial charge in [0.2, 0.25) is 0 Å². The molecule has 5 rings (SSSR count). The summed E-state index contributed by atoms with van der Waals surface area (Å²) in [5.74, 6) is -1.28. The van der Waals surface area contributed by atoms with E-state index < -0.39 is 12.1 Å². The summed E-state index contributed by atoms with van der Waals surface area (Å²) in [5.41, 5.74) is 7.57. The van der Waals surface area contributed by atoms with Crippen molar-refractivity contribution >= 4 is 23.7 Å². The molecule has 7 heteroatoms. The van der Waals surface area contributed by atoms with Gasteiger partial charge in [-0.2, -0.15) is 0 Å². The number of rotatable bonds is 8. The van der Waals surface area contributed by atoms with E-state index in [-0.39, 0.29) is 31.4 Å². The minimum absolute atomic E-state index is 0.00208. The third-order valence-corrected chi connectivity index (χ3v) is 6.58. The Morgan fingerprint density at radius 1 is 0.737 bits per heavy atom. The molecule has 0 saturated heterocycles. The van der Waals surface area contributed by atoms with Crippen molar-refractivity contribution in [2.75, 3.05) is 18.5 Å². The van der Waals surface area contributed by atoms with E-state index in [1.54, 1.807) is 24.3 Å². The number of benzene rings is 4. The lowest BCUT2D eigenvalue weighted by atomic mass is 9.98. The van der Waals surface area contributed by atoms with Crippen LogP contribution in [0.2, 0.25) is 0 Å². The molecule has 0 radical (unpaired) electrons. The van der Waals surface area contributed by atoms with E-state index >= 15 is 0 Å². The summed E-state index contributed by atoms with van der Waals surface area (Å²) in [4.78, 5) is 35.3. The van der Waals surface area contributed by atoms with Crippen LogP contribution in [0.25, 0.3) is 22.3 Å². The fourth-order valence-corrected chi connectivity index (χ4v) is 4.70. The number of amides is 2. The minimum atomic E-state index is -0.961. The Hall–Kier alpha value is -4.91. The highest BCUT2D eigenvalue weighted by Crippen LogP contribution is 2.44. The molecule has 190 valence electrons. The summed E-state index contributed by atoms with van der Waals surface area (Å²) in [6, 6.07) is 30.8. The molecule has 4 aromatic rings. The zero-order chi connectivity index (χ0) is 26.5. The largest absolute Gasteiger partial charge is 0.481 e. The van der Waals surface area contributed by atoms with E-state index in [0.717, 1.165) is 22.3 Å². The van der Waals surface area contributed by atoms with E-state index in [1.807, 2.05) is 48.5 Å². The first kappa shape index (κ1) is 24.8. The standard InChI is InChI=1S/C31H26N2O5/c34-29(35)17-18-32-30(36)22-11-9-20(10-12-22)21-13-15-23(16-14-21)33-31(37)38-19-28-26-7-3-1-5-24(26)25-6-2-4-8-27(25)28/h1-16,28H,17-19H2,(H,32,36)(H,33,37)(H,34,35). The van der Waals surface area contributed by atoms with Crippen molar-refractivity contribution in [3.05, 3.63) is 114 Å². The molecule has 2 amide bonds. The first-order valence-corrected chi connectivity index (χ1v) is 12.3. The first-order valence-electron chi connectivity index (χ1n) is 12.3. The summed E-state index contributed by atoms with van der Waals surface area (Å²) >= 11 is 0. The second kappa shape index (κ2) is 11.0. The Kier molecular flexibility index (Phi) is 7.17. The van der Waals surface area contributed by atoms with Crippen molar-refractivity contribution in [3.8, 4) is 22.3 Å². The second-order valence-electron chi connectivity index (χ2n) is 9.00. The van der Waals surface area contributed by atoms with Crippen molar-refractivity contribution in [2.45, 2.75) is 12.3 Å². The van der Waals surface area contributed by atoms with Crippen LogP contribution in [-0.4, -0.2) is 36.2 Å². The van der Waals surface area contributed by atoms with Crippen LogP contribution in [0.1, 0.15) is 33.8 Å². The van der Waals surface area contributed by atoms with Crippen molar-refractivity contribution in [1.82, 2.24) is 5.32 Å². The van der Waals surface area contributed by atoms with Crippen LogP contribution in [0.5, 0.6) is 0 Å². The average molecular weight is 507 g/mol. The fourth-order valence-electron chi connectivity index (χ4n) is 4.70. The Bertz CT molecular complexity index is 1430. The molecule has 0 aliphatic heterocycles. The molecule has 0 atom stereocenters. The van der Waals surface area contributed by atoms with E-state index in [9.17, 15) is 14.4 Å². The molecule has 3 N–H and O–H groups in total. The van der Waals surface area contributed by atoms with Gasteiger partial charge in [0, 0.05) is 23.7 Å². The lowest BCUT2D eigenvalue weighted by molar-refractivity contribution is -0.136. The number of fused-ring (bicyclic) bond motifs is 3. The summed E-state index contributed by atoms with van der Waals surface area (Å²) in [6.07, 6.45) is -0.641. The number of hydrogen-bond donors (Lipinski definition) is 3. The molecular formula is C31H26N2O5. The topological polar surface area (TPSA) is 105 Å². The van der Waals surface area contributed by atoms with E-state index in [2.05, 4.69) is 34.9 Å². The zero-order valence-corrected chi connectivity index (χ0v) is 20.5. The monoisotopic (exact) mass is 506 g/mol. The van der Waals surface area contributed by atoms with Gasteiger partial charge >= 0.3 is 12.1 Å². The number of hydrogen-bond acceptors (Lipinski definition) is 4. The van der Waals surface area contributed by atoms with Gasteiger partial charge in [-0.15, -0.1) is 0 Å². The third kappa shape index (κ3) is 5.42. The molecule has 1 aliphatic carbocycles. The van der Waals surface area contributed by atoms with Gasteiger partial charge < -0.3 is 15.2 Å². The molecule has 0 unspecified atom stereocenters. The Balaban J connectivity index is 1.17. The molecule has 0 aromatic heterocycles. The maximum Gasteiger partial charge on any atom is 0.411 e.